The molecule has 0 amide bonds. The van der Waals surface area contributed by atoms with Gasteiger partial charge in [0.1, 0.15) is 0 Å². The molecule has 8 heavy (non-hydrogen) atoms. The lowest BCUT2D eigenvalue weighted by molar-refractivity contribution is 1.13. The Balaban J connectivity index is 3.09. The molecule has 0 aliphatic rings. The highest BCUT2D eigenvalue weighted by Gasteiger charge is 1.92. The maximum Gasteiger partial charge on any atom is 0.0701 e. The minimum Gasteiger partial charge on any atom is -0.327 e. The lowest BCUT2D eigenvalue weighted by atomic mass is 10.6. The second kappa shape index (κ2) is 4.81. The zero-order valence-electron chi connectivity index (χ0n) is 4.93. The molecule has 1 unspecified atom stereocenters. The van der Waals surface area contributed by atoms with Crippen LogP contribution < -0.4 is 5.73 Å². The van der Waals surface area contributed by atoms with Crippen LogP contribution in [0.4, 0.5) is 0 Å². The fourth-order valence-corrected chi connectivity index (χ4v) is 0.908. The van der Waals surface area contributed by atoms with Crippen LogP contribution in [0.1, 0.15) is 0 Å². The van der Waals surface area contributed by atoms with E-state index in [0.29, 0.717) is 0 Å². The zero-order valence-corrected chi connectivity index (χ0v) is 5.93. The third-order valence-electron chi connectivity index (χ3n) is 0.752. The van der Waals surface area contributed by atoms with E-state index < -0.39 is 0 Å². The first-order chi connectivity index (χ1) is 3.81. The van der Waals surface area contributed by atoms with Gasteiger partial charge in [0, 0.05) is 5.67 Å². The van der Waals surface area contributed by atoms with Gasteiger partial charge in [-0.2, -0.15) is 0 Å². The van der Waals surface area contributed by atoms with Crippen LogP contribution in [0.15, 0.2) is 25.3 Å². The van der Waals surface area contributed by atoms with E-state index in [9.17, 15) is 0 Å². The second-order valence-corrected chi connectivity index (χ2v) is 2.94. The van der Waals surface area contributed by atoms with Gasteiger partial charge in [-0.25, -0.2) is 0 Å². The average molecular weight is 125 g/mol. The monoisotopic (exact) mass is 125 g/mol. The summed E-state index contributed by atoms with van der Waals surface area (Å²) in [6.07, 6.45) is 3.64. The van der Waals surface area contributed by atoms with Gasteiger partial charge < -0.3 is 5.73 Å². The predicted octanol–water partition coefficient (Wildman–Crippen LogP) is 0.766. The van der Waals surface area contributed by atoms with Gasteiger partial charge >= 0.3 is 0 Å². The molecule has 0 spiro atoms. The standard InChI is InChI=1S/C6H11NSi/c1-3-5-8-6(7)4-2/h3-4,6H,1-2,5,7H2. The van der Waals surface area contributed by atoms with Crippen LogP contribution in [-0.4, -0.2) is 15.2 Å². The molecule has 44 valence electrons. The van der Waals surface area contributed by atoms with E-state index in [2.05, 4.69) is 13.2 Å². The van der Waals surface area contributed by atoms with Gasteiger partial charge in [-0.15, -0.1) is 13.2 Å². The van der Waals surface area contributed by atoms with Crippen molar-refractivity contribution in [1.82, 2.24) is 0 Å². The van der Waals surface area contributed by atoms with Crippen molar-refractivity contribution >= 4 is 9.52 Å². The van der Waals surface area contributed by atoms with Gasteiger partial charge in [-0.3, -0.25) is 0 Å². The van der Waals surface area contributed by atoms with Crippen LogP contribution in [-0.2, 0) is 0 Å². The minimum absolute atomic E-state index is 0.174. The highest BCUT2D eigenvalue weighted by molar-refractivity contribution is 6.39. The summed E-state index contributed by atoms with van der Waals surface area (Å²) in [5.74, 6) is 0. The van der Waals surface area contributed by atoms with Crippen molar-refractivity contribution in [3.63, 3.8) is 0 Å². The summed E-state index contributed by atoms with van der Waals surface area (Å²) in [5, 5.41) is 0. The highest BCUT2D eigenvalue weighted by atomic mass is 28.2. The van der Waals surface area contributed by atoms with Crippen LogP contribution in [0.25, 0.3) is 0 Å². The van der Waals surface area contributed by atoms with Crippen LogP contribution in [0.2, 0.25) is 6.04 Å². The molecule has 0 aromatic heterocycles. The Kier molecular flexibility index (Phi) is 4.60. The smallest absolute Gasteiger partial charge is 0.0701 e. The topological polar surface area (TPSA) is 26.0 Å². The number of hydrogen-bond donors (Lipinski definition) is 1. The third-order valence-corrected chi connectivity index (χ3v) is 1.98. The summed E-state index contributed by atoms with van der Waals surface area (Å²) >= 11 is 0. The number of allylic oxidation sites excluding steroid dienone is 1. The van der Waals surface area contributed by atoms with Crippen LogP contribution in [0.3, 0.4) is 0 Å². The van der Waals surface area contributed by atoms with Crippen molar-refractivity contribution in [3.05, 3.63) is 25.3 Å². The third kappa shape index (κ3) is 3.83. The normalized spacial score (nSPS) is 12.6. The molecule has 0 aliphatic heterocycles. The molecule has 0 saturated carbocycles. The van der Waals surface area contributed by atoms with Crippen molar-refractivity contribution in [2.75, 3.05) is 0 Å². The Morgan fingerprint density at radius 1 is 1.62 bits per heavy atom. The molecule has 2 N–H and O–H groups in total. The van der Waals surface area contributed by atoms with Crippen molar-refractivity contribution in [2.24, 2.45) is 5.73 Å². The van der Waals surface area contributed by atoms with Crippen LogP contribution >= 0.6 is 0 Å². The summed E-state index contributed by atoms with van der Waals surface area (Å²) in [4.78, 5) is 0. The van der Waals surface area contributed by atoms with Crippen molar-refractivity contribution in [3.8, 4) is 0 Å². The number of hydrogen-bond acceptors (Lipinski definition) is 1. The van der Waals surface area contributed by atoms with E-state index in [-0.39, 0.29) is 5.67 Å². The van der Waals surface area contributed by atoms with E-state index in [1.165, 1.54) is 0 Å². The van der Waals surface area contributed by atoms with E-state index in [0.717, 1.165) is 15.6 Å². The lowest BCUT2D eigenvalue weighted by Crippen LogP contribution is -2.23. The molecular weight excluding hydrogens is 114 g/mol. The Morgan fingerprint density at radius 2 is 2.25 bits per heavy atom. The Morgan fingerprint density at radius 3 is 2.62 bits per heavy atom. The van der Waals surface area contributed by atoms with E-state index in [1.54, 1.807) is 6.08 Å². The van der Waals surface area contributed by atoms with Gasteiger partial charge in [0.25, 0.3) is 0 Å². The molecule has 0 rings (SSSR count). The SMILES string of the molecule is C=CC[Si]C(N)C=C. The molecule has 0 heterocycles. The maximum absolute atomic E-state index is 5.51. The van der Waals surface area contributed by atoms with E-state index in [1.807, 2.05) is 6.08 Å². The molecule has 1 atom stereocenters. The maximum atomic E-state index is 5.51. The summed E-state index contributed by atoms with van der Waals surface area (Å²) in [5.41, 5.74) is 5.68. The van der Waals surface area contributed by atoms with E-state index in [4.69, 9.17) is 5.73 Å². The summed E-state index contributed by atoms with van der Waals surface area (Å²) in [7, 11) is 0.748. The summed E-state index contributed by atoms with van der Waals surface area (Å²) < 4.78 is 0. The fraction of sp³-hybridized carbons (Fsp3) is 0.333. The molecule has 1 nitrogen and oxygen atoms in total. The zero-order chi connectivity index (χ0) is 6.41. The van der Waals surface area contributed by atoms with Gasteiger partial charge in [-0.05, 0) is 6.04 Å². The van der Waals surface area contributed by atoms with Crippen LogP contribution in [0, 0.1) is 0 Å². The first kappa shape index (κ1) is 7.66. The molecule has 2 heteroatoms. The molecular formula is C6H11NSi. The number of nitrogens with two attached hydrogens (primary N) is 1. The van der Waals surface area contributed by atoms with Gasteiger partial charge in [-0.1, -0.05) is 12.2 Å². The molecule has 0 aromatic rings. The average Bonchev–Trinajstić information content (AvgIpc) is 1.83. The van der Waals surface area contributed by atoms with Crippen LogP contribution in [0.5, 0.6) is 0 Å². The second-order valence-electron chi connectivity index (χ2n) is 1.46. The predicted molar refractivity (Wildman–Crippen MR) is 38.9 cm³/mol. The van der Waals surface area contributed by atoms with Crippen molar-refractivity contribution in [1.29, 1.82) is 0 Å². The molecule has 0 bridgehead atoms. The fourth-order valence-electron chi connectivity index (χ4n) is 0.303. The minimum atomic E-state index is 0.174. The van der Waals surface area contributed by atoms with E-state index >= 15 is 0 Å². The summed E-state index contributed by atoms with van der Waals surface area (Å²) in [6, 6.07) is 1.01. The summed E-state index contributed by atoms with van der Waals surface area (Å²) in [6.45, 7) is 7.15. The van der Waals surface area contributed by atoms with Gasteiger partial charge in [0.15, 0.2) is 0 Å². The van der Waals surface area contributed by atoms with Crippen molar-refractivity contribution in [2.45, 2.75) is 11.7 Å². The molecule has 0 aromatic carbocycles. The Hall–Kier alpha value is -0.343. The first-order valence-corrected chi connectivity index (χ1v) is 3.82. The quantitative estimate of drug-likeness (QED) is 0.436. The Bertz CT molecular complexity index is 80.6. The van der Waals surface area contributed by atoms with Gasteiger partial charge in [0.05, 0.1) is 9.52 Å². The molecule has 0 saturated heterocycles. The van der Waals surface area contributed by atoms with Crippen molar-refractivity contribution < 1.29 is 0 Å². The lowest BCUT2D eigenvalue weighted by Gasteiger charge is -1.98. The molecule has 2 radical (unpaired) electrons. The molecule has 0 fully saturated rings. The first-order valence-electron chi connectivity index (χ1n) is 2.53. The largest absolute Gasteiger partial charge is 0.327 e. The number of rotatable bonds is 4. The Labute approximate surface area is 53.1 Å². The van der Waals surface area contributed by atoms with Gasteiger partial charge in [0.2, 0.25) is 0 Å². The highest BCUT2D eigenvalue weighted by Crippen LogP contribution is 1.83. The molecule has 0 aliphatic carbocycles.